The van der Waals surface area contributed by atoms with Gasteiger partial charge in [0, 0.05) is 13.2 Å². The molecule has 0 saturated heterocycles. The molecule has 3 nitrogen and oxygen atoms in total. The Hall–Kier alpha value is -0.913. The van der Waals surface area contributed by atoms with Gasteiger partial charge in [0.1, 0.15) is 0 Å². The fourth-order valence-corrected chi connectivity index (χ4v) is 4.00. The van der Waals surface area contributed by atoms with Crippen molar-refractivity contribution in [1.29, 1.82) is 0 Å². The molecule has 0 aromatic heterocycles. The molecule has 0 fully saturated rings. The highest BCUT2D eigenvalue weighted by Crippen LogP contribution is 2.17. The average Bonchev–Trinajstić information content (AvgIpc) is 2.29. The minimum atomic E-state index is -2.49. The van der Waals surface area contributed by atoms with Crippen LogP contribution in [0.3, 0.4) is 0 Å². The molecule has 0 spiro atoms. The van der Waals surface area contributed by atoms with Crippen LogP contribution in [0.1, 0.15) is 13.8 Å². The van der Waals surface area contributed by atoms with E-state index in [4.69, 9.17) is 13.6 Å². The molecule has 1 aromatic carbocycles. The highest BCUT2D eigenvalue weighted by atomic mass is 28.4. The minimum absolute atomic E-state index is 0.234. The summed E-state index contributed by atoms with van der Waals surface area (Å²) in [6, 6.07) is 4.85. The summed E-state index contributed by atoms with van der Waals surface area (Å²) in [5, 5.41) is 0.777. The van der Waals surface area contributed by atoms with Crippen LogP contribution in [-0.2, 0) is 8.85 Å². The van der Waals surface area contributed by atoms with Crippen molar-refractivity contribution < 1.29 is 18.0 Å². The number of rotatable bonds is 6. The molecule has 0 atom stereocenters. The van der Waals surface area contributed by atoms with Crippen LogP contribution in [0.25, 0.3) is 0 Å². The van der Waals surface area contributed by atoms with E-state index in [2.05, 4.69) is 0 Å². The second-order valence-electron chi connectivity index (χ2n) is 3.66. The van der Waals surface area contributed by atoms with Gasteiger partial charge in [-0.3, -0.25) is 0 Å². The summed E-state index contributed by atoms with van der Waals surface area (Å²) in [5.41, 5.74) is 0. The van der Waals surface area contributed by atoms with Gasteiger partial charge in [-0.25, -0.2) is 4.39 Å². The van der Waals surface area contributed by atoms with E-state index in [0.29, 0.717) is 13.2 Å². The highest BCUT2D eigenvalue weighted by Gasteiger charge is 2.34. The monoisotopic (exact) mass is 258 g/mol. The summed E-state index contributed by atoms with van der Waals surface area (Å²) in [4.78, 5) is 0. The smallest absolute Gasteiger partial charge is 0.369 e. The van der Waals surface area contributed by atoms with E-state index in [1.54, 1.807) is 12.1 Å². The van der Waals surface area contributed by atoms with E-state index in [1.165, 1.54) is 13.2 Å². The molecule has 0 bridgehead atoms. The molecule has 0 aliphatic rings. The zero-order chi connectivity index (χ0) is 12.9. The van der Waals surface area contributed by atoms with E-state index in [9.17, 15) is 4.39 Å². The number of benzene rings is 1. The molecule has 0 unspecified atom stereocenters. The van der Waals surface area contributed by atoms with E-state index in [1.807, 2.05) is 20.4 Å². The average molecular weight is 258 g/mol. The molecule has 96 valence electrons. The lowest BCUT2D eigenvalue weighted by atomic mass is 10.3. The maximum atomic E-state index is 13.6. The van der Waals surface area contributed by atoms with E-state index in [0.717, 1.165) is 5.19 Å². The first-order valence-electron chi connectivity index (χ1n) is 5.69. The summed E-state index contributed by atoms with van der Waals surface area (Å²) in [7, 11) is -1.04. The summed E-state index contributed by atoms with van der Waals surface area (Å²) < 4.78 is 29.9. The van der Waals surface area contributed by atoms with Crippen molar-refractivity contribution in [2.24, 2.45) is 0 Å². The lowest BCUT2D eigenvalue weighted by Gasteiger charge is -2.26. The van der Waals surface area contributed by atoms with Gasteiger partial charge in [0.15, 0.2) is 11.6 Å². The van der Waals surface area contributed by atoms with Gasteiger partial charge in [-0.05, 0) is 37.7 Å². The first kappa shape index (κ1) is 14.1. The van der Waals surface area contributed by atoms with Crippen LogP contribution in [-0.4, -0.2) is 28.9 Å². The number of halogens is 1. The van der Waals surface area contributed by atoms with Crippen LogP contribution in [0.2, 0.25) is 6.55 Å². The Labute approximate surface area is 103 Å². The number of methoxy groups -OCH3 is 1. The van der Waals surface area contributed by atoms with E-state index < -0.39 is 8.56 Å². The summed E-state index contributed by atoms with van der Waals surface area (Å²) in [5.74, 6) is -0.152. The van der Waals surface area contributed by atoms with Gasteiger partial charge in [0.25, 0.3) is 0 Å². The zero-order valence-electron chi connectivity index (χ0n) is 10.7. The third kappa shape index (κ3) is 3.28. The fraction of sp³-hybridized carbons (Fsp3) is 0.500. The van der Waals surface area contributed by atoms with Gasteiger partial charge in [-0.2, -0.15) is 0 Å². The Morgan fingerprint density at radius 3 is 2.18 bits per heavy atom. The van der Waals surface area contributed by atoms with Crippen molar-refractivity contribution >= 4 is 13.7 Å². The lowest BCUT2D eigenvalue weighted by Crippen LogP contribution is -2.51. The maximum Gasteiger partial charge on any atom is 0.369 e. The third-order valence-corrected chi connectivity index (χ3v) is 5.55. The van der Waals surface area contributed by atoms with Gasteiger partial charge < -0.3 is 13.6 Å². The van der Waals surface area contributed by atoms with Crippen molar-refractivity contribution in [3.63, 3.8) is 0 Å². The first-order chi connectivity index (χ1) is 8.07. The Morgan fingerprint density at radius 1 is 1.18 bits per heavy atom. The molecule has 0 radical (unpaired) electrons. The molecule has 0 aliphatic heterocycles. The normalized spacial score (nSPS) is 11.6. The highest BCUT2D eigenvalue weighted by molar-refractivity contribution is 6.79. The largest absolute Gasteiger partial charge is 0.494 e. The zero-order valence-corrected chi connectivity index (χ0v) is 11.7. The summed E-state index contributed by atoms with van der Waals surface area (Å²) in [6.45, 7) is 6.84. The quantitative estimate of drug-likeness (QED) is 0.732. The molecule has 1 rings (SSSR count). The Kier molecular flexibility index (Phi) is 5.11. The number of hydrogen-bond acceptors (Lipinski definition) is 3. The van der Waals surface area contributed by atoms with Crippen LogP contribution in [0.4, 0.5) is 4.39 Å². The molecule has 5 heteroatoms. The Balaban J connectivity index is 3.06. The second-order valence-corrected chi connectivity index (χ2v) is 6.71. The van der Waals surface area contributed by atoms with Crippen molar-refractivity contribution in [1.82, 2.24) is 0 Å². The van der Waals surface area contributed by atoms with Gasteiger partial charge >= 0.3 is 8.56 Å². The molecule has 0 heterocycles. The summed E-state index contributed by atoms with van der Waals surface area (Å²) >= 11 is 0. The Bertz CT molecular complexity index is 365. The third-order valence-electron chi connectivity index (χ3n) is 2.52. The topological polar surface area (TPSA) is 27.7 Å². The molecular weight excluding hydrogens is 239 g/mol. The standard InChI is InChI=1S/C12H19FO3Si/c1-5-15-17(4,16-6-2)10-7-8-12(14-3)11(13)9-10/h7-9H,5-6H2,1-4H3. The fourth-order valence-electron chi connectivity index (χ4n) is 1.71. The Morgan fingerprint density at radius 2 is 1.76 bits per heavy atom. The van der Waals surface area contributed by atoms with E-state index in [-0.39, 0.29) is 11.6 Å². The molecular formula is C12H19FO3Si. The van der Waals surface area contributed by atoms with Gasteiger partial charge in [0.2, 0.25) is 0 Å². The predicted octanol–water partition coefficient (Wildman–Crippen LogP) is 2.19. The van der Waals surface area contributed by atoms with Gasteiger partial charge in [-0.15, -0.1) is 0 Å². The van der Waals surface area contributed by atoms with E-state index >= 15 is 0 Å². The maximum absolute atomic E-state index is 13.6. The SMILES string of the molecule is CCO[Si](C)(OCC)c1ccc(OC)c(F)c1. The van der Waals surface area contributed by atoms with Gasteiger partial charge in [0.05, 0.1) is 7.11 Å². The van der Waals surface area contributed by atoms with Crippen LogP contribution >= 0.6 is 0 Å². The lowest BCUT2D eigenvalue weighted by molar-refractivity contribution is 0.202. The van der Waals surface area contributed by atoms with Crippen molar-refractivity contribution in [2.45, 2.75) is 20.4 Å². The second kappa shape index (κ2) is 6.14. The van der Waals surface area contributed by atoms with Crippen LogP contribution in [0.15, 0.2) is 18.2 Å². The number of hydrogen-bond donors (Lipinski definition) is 0. The van der Waals surface area contributed by atoms with Crippen molar-refractivity contribution in [2.75, 3.05) is 20.3 Å². The number of ether oxygens (including phenoxy) is 1. The van der Waals surface area contributed by atoms with Crippen molar-refractivity contribution in [3.8, 4) is 5.75 Å². The van der Waals surface area contributed by atoms with Crippen molar-refractivity contribution in [3.05, 3.63) is 24.0 Å². The van der Waals surface area contributed by atoms with Crippen LogP contribution in [0, 0.1) is 5.82 Å². The van der Waals surface area contributed by atoms with Crippen LogP contribution in [0.5, 0.6) is 5.75 Å². The molecule has 0 N–H and O–H groups in total. The molecule has 17 heavy (non-hydrogen) atoms. The first-order valence-corrected chi connectivity index (χ1v) is 8.01. The van der Waals surface area contributed by atoms with Gasteiger partial charge in [-0.1, -0.05) is 6.07 Å². The van der Waals surface area contributed by atoms with Crippen LogP contribution < -0.4 is 9.92 Å². The molecule has 0 saturated carbocycles. The molecule has 0 aliphatic carbocycles. The predicted molar refractivity (Wildman–Crippen MR) is 67.5 cm³/mol. The minimum Gasteiger partial charge on any atom is -0.494 e. The summed E-state index contributed by atoms with van der Waals surface area (Å²) in [6.07, 6.45) is 0. The molecule has 1 aromatic rings. The molecule has 0 amide bonds.